The molecule has 2 heteroatoms. The van der Waals surface area contributed by atoms with E-state index in [-0.39, 0.29) is 0 Å². The molecule has 1 saturated carbocycles. The van der Waals surface area contributed by atoms with Crippen LogP contribution in [0.25, 0.3) is 0 Å². The van der Waals surface area contributed by atoms with E-state index in [1.807, 2.05) is 12.4 Å². The van der Waals surface area contributed by atoms with Gasteiger partial charge >= 0.3 is 0 Å². The largest absolute Gasteiger partial charge is 0.316 e. The highest BCUT2D eigenvalue weighted by Gasteiger charge is 2.20. The van der Waals surface area contributed by atoms with Gasteiger partial charge in [0.15, 0.2) is 0 Å². The first-order chi connectivity index (χ1) is 7.84. The van der Waals surface area contributed by atoms with Gasteiger partial charge in [-0.05, 0) is 61.9 Å². The van der Waals surface area contributed by atoms with Crippen LogP contribution in [0.1, 0.15) is 31.7 Å². The van der Waals surface area contributed by atoms with Crippen LogP contribution < -0.4 is 5.32 Å². The minimum absolute atomic E-state index is 0.924. The molecule has 0 aliphatic heterocycles. The maximum atomic E-state index is 4.02. The third kappa shape index (κ3) is 3.60. The maximum Gasteiger partial charge on any atom is 0.0270 e. The molecule has 2 unspecified atom stereocenters. The standard InChI is InChI=1S/C14H22N2/c1-12-2-3-14(10-12)11-16-9-6-13-4-7-15-8-5-13/h4-5,7-8,12,14,16H,2-3,6,9-11H2,1H3. The minimum atomic E-state index is 0.924. The summed E-state index contributed by atoms with van der Waals surface area (Å²) in [5, 5.41) is 3.58. The average Bonchev–Trinajstić information content (AvgIpc) is 2.72. The van der Waals surface area contributed by atoms with Crippen molar-refractivity contribution in [3.63, 3.8) is 0 Å². The van der Waals surface area contributed by atoms with Gasteiger partial charge in [-0.1, -0.05) is 13.3 Å². The van der Waals surface area contributed by atoms with E-state index in [1.54, 1.807) is 0 Å². The van der Waals surface area contributed by atoms with Crippen molar-refractivity contribution in [2.45, 2.75) is 32.6 Å². The van der Waals surface area contributed by atoms with Gasteiger partial charge < -0.3 is 5.32 Å². The van der Waals surface area contributed by atoms with Gasteiger partial charge in [0.1, 0.15) is 0 Å². The molecule has 1 aromatic rings. The Balaban J connectivity index is 1.59. The first-order valence-corrected chi connectivity index (χ1v) is 6.44. The molecule has 2 rings (SSSR count). The summed E-state index contributed by atoms with van der Waals surface area (Å²) in [5.74, 6) is 1.87. The molecule has 0 saturated heterocycles. The van der Waals surface area contributed by atoms with Crippen LogP contribution >= 0.6 is 0 Å². The van der Waals surface area contributed by atoms with Crippen LogP contribution in [0.5, 0.6) is 0 Å². The van der Waals surface area contributed by atoms with Gasteiger partial charge in [0, 0.05) is 12.4 Å². The number of hydrogen-bond donors (Lipinski definition) is 1. The Morgan fingerprint density at radius 1 is 1.31 bits per heavy atom. The maximum absolute atomic E-state index is 4.02. The molecule has 0 aromatic carbocycles. The molecule has 1 aromatic heterocycles. The van der Waals surface area contributed by atoms with Crippen LogP contribution in [0.3, 0.4) is 0 Å². The highest BCUT2D eigenvalue weighted by Crippen LogP contribution is 2.29. The number of pyridine rings is 1. The van der Waals surface area contributed by atoms with Crippen LogP contribution in [-0.2, 0) is 6.42 Å². The predicted molar refractivity (Wildman–Crippen MR) is 67.3 cm³/mol. The topological polar surface area (TPSA) is 24.9 Å². The molecule has 1 fully saturated rings. The van der Waals surface area contributed by atoms with Crippen molar-refractivity contribution in [1.82, 2.24) is 10.3 Å². The summed E-state index contributed by atoms with van der Waals surface area (Å²) in [6.45, 7) is 4.67. The van der Waals surface area contributed by atoms with Crippen molar-refractivity contribution in [2.75, 3.05) is 13.1 Å². The second-order valence-corrected chi connectivity index (χ2v) is 5.09. The fraction of sp³-hybridized carbons (Fsp3) is 0.643. The highest BCUT2D eigenvalue weighted by atomic mass is 14.9. The van der Waals surface area contributed by atoms with Gasteiger partial charge in [-0.2, -0.15) is 0 Å². The van der Waals surface area contributed by atoms with Gasteiger partial charge in [0.25, 0.3) is 0 Å². The molecule has 88 valence electrons. The monoisotopic (exact) mass is 218 g/mol. The van der Waals surface area contributed by atoms with E-state index < -0.39 is 0 Å². The summed E-state index contributed by atoms with van der Waals surface area (Å²) in [6.07, 6.45) is 9.12. The highest BCUT2D eigenvalue weighted by molar-refractivity contribution is 5.09. The Morgan fingerprint density at radius 3 is 2.81 bits per heavy atom. The van der Waals surface area contributed by atoms with E-state index in [2.05, 4.69) is 29.4 Å². The van der Waals surface area contributed by atoms with Gasteiger partial charge in [-0.15, -0.1) is 0 Å². The Hall–Kier alpha value is -0.890. The van der Waals surface area contributed by atoms with Crippen molar-refractivity contribution < 1.29 is 0 Å². The van der Waals surface area contributed by atoms with E-state index in [4.69, 9.17) is 0 Å². The van der Waals surface area contributed by atoms with Gasteiger partial charge in [-0.25, -0.2) is 0 Å². The Bertz CT molecular complexity index is 297. The molecule has 16 heavy (non-hydrogen) atoms. The lowest BCUT2D eigenvalue weighted by Gasteiger charge is -2.10. The number of nitrogens with zero attached hydrogens (tertiary/aromatic N) is 1. The van der Waals surface area contributed by atoms with E-state index in [0.29, 0.717) is 0 Å². The van der Waals surface area contributed by atoms with Gasteiger partial charge in [0.2, 0.25) is 0 Å². The average molecular weight is 218 g/mol. The molecule has 2 atom stereocenters. The number of nitrogens with one attached hydrogen (secondary N) is 1. The molecular formula is C14H22N2. The zero-order valence-corrected chi connectivity index (χ0v) is 10.2. The van der Waals surface area contributed by atoms with Crippen molar-refractivity contribution in [3.8, 4) is 0 Å². The summed E-state index contributed by atoms with van der Waals surface area (Å²) in [7, 11) is 0. The zero-order valence-electron chi connectivity index (χ0n) is 10.2. The van der Waals surface area contributed by atoms with Crippen LogP contribution in [0.4, 0.5) is 0 Å². The second-order valence-electron chi connectivity index (χ2n) is 5.09. The molecule has 0 amide bonds. The fourth-order valence-corrected chi connectivity index (χ4v) is 2.60. The van der Waals surface area contributed by atoms with Gasteiger partial charge in [0.05, 0.1) is 0 Å². The lowest BCUT2D eigenvalue weighted by molar-refractivity contribution is 0.473. The van der Waals surface area contributed by atoms with E-state index in [1.165, 1.54) is 31.4 Å². The van der Waals surface area contributed by atoms with Crippen LogP contribution in [0.15, 0.2) is 24.5 Å². The zero-order chi connectivity index (χ0) is 11.2. The predicted octanol–water partition coefficient (Wildman–Crippen LogP) is 2.65. The first kappa shape index (κ1) is 11.6. The first-order valence-electron chi connectivity index (χ1n) is 6.44. The summed E-state index contributed by atoms with van der Waals surface area (Å²) >= 11 is 0. The third-order valence-corrected chi connectivity index (χ3v) is 3.58. The summed E-state index contributed by atoms with van der Waals surface area (Å²) in [6, 6.07) is 4.19. The van der Waals surface area contributed by atoms with E-state index >= 15 is 0 Å². The van der Waals surface area contributed by atoms with Gasteiger partial charge in [-0.3, -0.25) is 4.98 Å². The summed E-state index contributed by atoms with van der Waals surface area (Å²) < 4.78 is 0. The number of rotatable bonds is 5. The SMILES string of the molecule is CC1CCC(CNCCc2ccncc2)C1. The Labute approximate surface area is 98.5 Å². The Kier molecular flexibility index (Phi) is 4.34. The lowest BCUT2D eigenvalue weighted by atomic mass is 10.1. The smallest absolute Gasteiger partial charge is 0.0270 e. The molecule has 1 aliphatic carbocycles. The molecule has 1 aliphatic rings. The molecular weight excluding hydrogens is 196 g/mol. The van der Waals surface area contributed by atoms with E-state index in [9.17, 15) is 0 Å². The van der Waals surface area contributed by atoms with Crippen LogP contribution in [-0.4, -0.2) is 18.1 Å². The molecule has 2 nitrogen and oxygen atoms in total. The lowest BCUT2D eigenvalue weighted by Crippen LogP contribution is -2.23. The second kappa shape index (κ2) is 6.00. The molecule has 0 radical (unpaired) electrons. The molecule has 0 spiro atoms. The molecule has 0 bridgehead atoms. The number of hydrogen-bond acceptors (Lipinski definition) is 2. The number of aromatic nitrogens is 1. The molecule has 1 heterocycles. The van der Waals surface area contributed by atoms with Crippen molar-refractivity contribution in [1.29, 1.82) is 0 Å². The van der Waals surface area contributed by atoms with Crippen LogP contribution in [0.2, 0.25) is 0 Å². The summed E-state index contributed by atoms with van der Waals surface area (Å²) in [4.78, 5) is 4.02. The fourth-order valence-electron chi connectivity index (χ4n) is 2.60. The van der Waals surface area contributed by atoms with Crippen LogP contribution in [0, 0.1) is 11.8 Å². The minimum Gasteiger partial charge on any atom is -0.316 e. The normalized spacial score (nSPS) is 24.8. The third-order valence-electron chi connectivity index (χ3n) is 3.58. The van der Waals surface area contributed by atoms with Crippen molar-refractivity contribution in [2.24, 2.45) is 11.8 Å². The summed E-state index contributed by atoms with van der Waals surface area (Å²) in [5.41, 5.74) is 1.38. The van der Waals surface area contributed by atoms with E-state index in [0.717, 1.165) is 24.8 Å². The van der Waals surface area contributed by atoms with Crippen molar-refractivity contribution in [3.05, 3.63) is 30.1 Å². The molecule has 1 N–H and O–H groups in total. The quantitative estimate of drug-likeness (QED) is 0.769. The van der Waals surface area contributed by atoms with Crippen molar-refractivity contribution >= 4 is 0 Å². The Morgan fingerprint density at radius 2 is 2.12 bits per heavy atom.